The van der Waals surface area contributed by atoms with Crippen molar-refractivity contribution in [1.29, 1.82) is 0 Å². The summed E-state index contributed by atoms with van der Waals surface area (Å²) in [6.07, 6.45) is 1.67. The van der Waals surface area contributed by atoms with Gasteiger partial charge in [-0.15, -0.1) is 0 Å². The Morgan fingerprint density at radius 2 is 1.79 bits per heavy atom. The lowest BCUT2D eigenvalue weighted by Gasteiger charge is -2.14. The molecule has 3 rings (SSSR count). The van der Waals surface area contributed by atoms with Gasteiger partial charge in [-0.3, -0.25) is 14.6 Å². The number of esters is 1. The zero-order valence-electron chi connectivity index (χ0n) is 15.2. The number of pyridine rings is 1. The quantitative estimate of drug-likeness (QED) is 0.644. The van der Waals surface area contributed by atoms with Crippen molar-refractivity contribution in [1.82, 2.24) is 10.3 Å². The van der Waals surface area contributed by atoms with Crippen LogP contribution < -0.4 is 10.6 Å². The van der Waals surface area contributed by atoms with Gasteiger partial charge < -0.3 is 15.4 Å². The summed E-state index contributed by atoms with van der Waals surface area (Å²) in [5, 5.41) is 6.03. The number of rotatable bonds is 6. The molecule has 0 aliphatic rings. The van der Waals surface area contributed by atoms with Gasteiger partial charge in [-0.1, -0.05) is 24.3 Å². The van der Waals surface area contributed by atoms with E-state index in [4.69, 9.17) is 4.74 Å². The van der Waals surface area contributed by atoms with Gasteiger partial charge in [-0.05, 0) is 43.3 Å². The molecule has 0 radical (unpaired) electrons. The van der Waals surface area contributed by atoms with Crippen LogP contribution in [0, 0.1) is 0 Å². The normalized spacial score (nSPS) is 11.5. The second-order valence-electron chi connectivity index (χ2n) is 6.09. The van der Waals surface area contributed by atoms with Gasteiger partial charge in [-0.2, -0.15) is 0 Å². The number of hydrogen-bond acceptors (Lipinski definition) is 5. The fourth-order valence-electron chi connectivity index (χ4n) is 2.59. The first-order valence-corrected chi connectivity index (χ1v) is 8.71. The summed E-state index contributed by atoms with van der Waals surface area (Å²) in [6.45, 7) is 1.04. The second-order valence-corrected chi connectivity index (χ2v) is 6.09. The Kier molecular flexibility index (Phi) is 5.96. The first-order chi connectivity index (χ1) is 13.5. The molecule has 0 fully saturated rings. The van der Waals surface area contributed by atoms with Crippen molar-refractivity contribution in [3.05, 3.63) is 72.4 Å². The highest BCUT2D eigenvalue weighted by Gasteiger charge is 2.19. The number of aromatic nitrogens is 1. The fraction of sp³-hybridized carbons (Fsp3) is 0.143. The molecule has 0 spiro atoms. The number of benzene rings is 2. The smallest absolute Gasteiger partial charge is 0.328 e. The predicted molar refractivity (Wildman–Crippen MR) is 105 cm³/mol. The first kappa shape index (κ1) is 19.0. The molecule has 0 aliphatic carbocycles. The Morgan fingerprint density at radius 3 is 2.57 bits per heavy atom. The number of nitrogens with one attached hydrogen (secondary N) is 2. The molecule has 0 unspecified atom stereocenters. The maximum absolute atomic E-state index is 12.1. The second kappa shape index (κ2) is 8.77. The molecule has 2 N–H and O–H groups in total. The molecule has 0 saturated heterocycles. The molecular formula is C21H19N3O4. The summed E-state index contributed by atoms with van der Waals surface area (Å²) < 4.78 is 5.01. The van der Waals surface area contributed by atoms with Crippen LogP contribution in [0.5, 0.6) is 0 Å². The average molecular weight is 377 g/mol. The van der Waals surface area contributed by atoms with E-state index >= 15 is 0 Å². The minimum Gasteiger partial charge on any atom is -0.454 e. The van der Waals surface area contributed by atoms with E-state index in [2.05, 4.69) is 15.6 Å². The lowest BCUT2D eigenvalue weighted by molar-refractivity contribution is -0.148. The third-order valence-electron chi connectivity index (χ3n) is 4.00. The SMILES string of the molecule is C[C@H](NC(=O)c1ccccc1)C(=O)OCC(=O)Nc1cccc2ncccc12. The van der Waals surface area contributed by atoms with Crippen LogP contribution in [0.1, 0.15) is 17.3 Å². The van der Waals surface area contributed by atoms with Crippen molar-refractivity contribution in [2.24, 2.45) is 0 Å². The largest absolute Gasteiger partial charge is 0.454 e. The first-order valence-electron chi connectivity index (χ1n) is 8.71. The van der Waals surface area contributed by atoms with Crippen LogP contribution in [-0.4, -0.2) is 35.4 Å². The minimum atomic E-state index is -0.887. The Morgan fingerprint density at radius 1 is 1.00 bits per heavy atom. The number of ether oxygens (including phenoxy) is 1. The molecule has 0 aliphatic heterocycles. The van der Waals surface area contributed by atoms with Gasteiger partial charge in [0.15, 0.2) is 6.61 Å². The van der Waals surface area contributed by atoms with Gasteiger partial charge in [0.2, 0.25) is 0 Å². The molecule has 2 amide bonds. The van der Waals surface area contributed by atoms with Gasteiger partial charge in [0.25, 0.3) is 11.8 Å². The molecule has 7 heteroatoms. The van der Waals surface area contributed by atoms with E-state index in [1.54, 1.807) is 54.7 Å². The predicted octanol–water partition coefficient (Wildman–Crippen LogP) is 2.54. The van der Waals surface area contributed by atoms with Crippen LogP contribution in [0.25, 0.3) is 10.9 Å². The molecule has 28 heavy (non-hydrogen) atoms. The zero-order chi connectivity index (χ0) is 19.9. The maximum atomic E-state index is 12.1. The van der Waals surface area contributed by atoms with E-state index in [-0.39, 0.29) is 0 Å². The number of nitrogens with zero attached hydrogens (tertiary/aromatic N) is 1. The number of anilines is 1. The molecule has 142 valence electrons. The Balaban J connectivity index is 1.52. The third-order valence-corrected chi connectivity index (χ3v) is 4.00. The van der Waals surface area contributed by atoms with Crippen LogP contribution in [0.15, 0.2) is 66.9 Å². The number of hydrogen-bond donors (Lipinski definition) is 2. The molecule has 0 saturated carbocycles. The highest BCUT2D eigenvalue weighted by atomic mass is 16.5. The van der Waals surface area contributed by atoms with Crippen molar-refractivity contribution in [2.45, 2.75) is 13.0 Å². The molecule has 1 aromatic heterocycles. The number of carbonyl (C=O) groups excluding carboxylic acids is 3. The minimum absolute atomic E-state index is 0.391. The molecule has 1 atom stereocenters. The van der Waals surface area contributed by atoms with Crippen LogP contribution in [0.2, 0.25) is 0 Å². The average Bonchev–Trinajstić information content (AvgIpc) is 2.73. The summed E-state index contributed by atoms with van der Waals surface area (Å²) in [4.78, 5) is 40.5. The van der Waals surface area contributed by atoms with Crippen molar-refractivity contribution in [3.8, 4) is 0 Å². The van der Waals surface area contributed by atoms with E-state index in [9.17, 15) is 14.4 Å². The van der Waals surface area contributed by atoms with Gasteiger partial charge >= 0.3 is 5.97 Å². The summed E-state index contributed by atoms with van der Waals surface area (Å²) >= 11 is 0. The Labute approximate surface area is 161 Å². The van der Waals surface area contributed by atoms with Gasteiger partial charge in [0.1, 0.15) is 6.04 Å². The highest BCUT2D eigenvalue weighted by molar-refractivity contribution is 6.02. The van der Waals surface area contributed by atoms with Crippen molar-refractivity contribution >= 4 is 34.4 Å². The van der Waals surface area contributed by atoms with Crippen LogP contribution in [0.4, 0.5) is 5.69 Å². The highest BCUT2D eigenvalue weighted by Crippen LogP contribution is 2.21. The van der Waals surface area contributed by atoms with Gasteiger partial charge in [0, 0.05) is 17.1 Å². The van der Waals surface area contributed by atoms with Crippen molar-refractivity contribution < 1.29 is 19.1 Å². The molecule has 2 aromatic carbocycles. The van der Waals surface area contributed by atoms with E-state index in [1.165, 1.54) is 6.92 Å². The molecule has 1 heterocycles. The summed E-state index contributed by atoms with van der Waals surface area (Å²) in [7, 11) is 0. The monoisotopic (exact) mass is 377 g/mol. The number of carbonyl (C=O) groups is 3. The molecule has 0 bridgehead atoms. The van der Waals surface area contributed by atoms with E-state index in [0.717, 1.165) is 10.9 Å². The van der Waals surface area contributed by atoms with Crippen molar-refractivity contribution in [2.75, 3.05) is 11.9 Å². The lowest BCUT2D eigenvalue weighted by atomic mass is 10.2. The summed E-state index contributed by atoms with van der Waals surface area (Å²) in [6, 6.07) is 16.6. The van der Waals surface area contributed by atoms with Crippen LogP contribution in [-0.2, 0) is 14.3 Å². The van der Waals surface area contributed by atoms with E-state index < -0.39 is 30.4 Å². The fourth-order valence-corrected chi connectivity index (χ4v) is 2.59. The lowest BCUT2D eigenvalue weighted by Crippen LogP contribution is -2.40. The maximum Gasteiger partial charge on any atom is 0.328 e. The molecule has 3 aromatic rings. The number of amides is 2. The Bertz CT molecular complexity index is 999. The zero-order valence-corrected chi connectivity index (χ0v) is 15.2. The van der Waals surface area contributed by atoms with Gasteiger partial charge in [0.05, 0.1) is 11.2 Å². The molecule has 7 nitrogen and oxygen atoms in total. The van der Waals surface area contributed by atoms with Crippen LogP contribution >= 0.6 is 0 Å². The Hall–Kier alpha value is -3.74. The van der Waals surface area contributed by atoms with Crippen molar-refractivity contribution in [3.63, 3.8) is 0 Å². The summed E-state index contributed by atoms with van der Waals surface area (Å²) in [5.74, 6) is -1.57. The summed E-state index contributed by atoms with van der Waals surface area (Å²) in [5.41, 5.74) is 1.76. The van der Waals surface area contributed by atoms with Gasteiger partial charge in [-0.25, -0.2) is 4.79 Å². The standard InChI is InChI=1S/C21H19N3O4/c1-14(23-20(26)15-7-3-2-4-8-15)21(27)28-13-19(25)24-18-11-5-10-17-16(18)9-6-12-22-17/h2-12,14H,13H2,1H3,(H,23,26)(H,24,25)/t14-/m0/s1. The van der Waals surface area contributed by atoms with Crippen LogP contribution in [0.3, 0.4) is 0 Å². The number of fused-ring (bicyclic) bond motifs is 1. The molecular weight excluding hydrogens is 358 g/mol. The third kappa shape index (κ3) is 4.70. The van der Waals surface area contributed by atoms with E-state index in [1.807, 2.05) is 12.1 Å². The van der Waals surface area contributed by atoms with E-state index in [0.29, 0.717) is 11.3 Å². The topological polar surface area (TPSA) is 97.4 Å².